The maximum absolute atomic E-state index is 9.66. The fourth-order valence-corrected chi connectivity index (χ4v) is 3.01. The lowest BCUT2D eigenvalue weighted by atomic mass is 9.91. The number of oxazole rings is 1. The third-order valence-electron chi connectivity index (χ3n) is 4.47. The summed E-state index contributed by atoms with van der Waals surface area (Å²) in [5.74, 6) is 1.23. The van der Waals surface area contributed by atoms with E-state index in [0.29, 0.717) is 5.92 Å². The predicted molar refractivity (Wildman–Crippen MR) is 78.4 cm³/mol. The summed E-state index contributed by atoms with van der Waals surface area (Å²) in [5, 5.41) is 9.66. The molecule has 2 aromatic rings. The topological polar surface area (TPSA) is 49.5 Å². The number of benzene rings is 1. The fraction of sp³-hybridized carbons (Fsp3) is 0.562. The monoisotopic (exact) mass is 274 g/mol. The smallest absolute Gasteiger partial charge is 0.212 e. The lowest BCUT2D eigenvalue weighted by molar-refractivity contribution is 0.0540. The molecule has 2 heterocycles. The molecule has 2 atom stereocenters. The second-order valence-electron chi connectivity index (χ2n) is 5.81. The Morgan fingerprint density at radius 1 is 1.25 bits per heavy atom. The molecule has 1 aromatic heterocycles. The molecule has 0 aliphatic carbocycles. The Morgan fingerprint density at radius 3 is 2.60 bits per heavy atom. The molecule has 1 saturated heterocycles. The number of rotatable bonds is 3. The van der Waals surface area contributed by atoms with E-state index >= 15 is 0 Å². The number of fused-ring (bicyclic) bond motifs is 1. The van der Waals surface area contributed by atoms with Gasteiger partial charge in [0.25, 0.3) is 0 Å². The molecular formula is C16H22N2O2. The number of hydrogen-bond donors (Lipinski definition) is 1. The van der Waals surface area contributed by atoms with Crippen LogP contribution in [0.15, 0.2) is 28.7 Å². The number of hydrogen-bond acceptors (Lipinski definition) is 4. The zero-order valence-corrected chi connectivity index (χ0v) is 12.1. The van der Waals surface area contributed by atoms with Crippen molar-refractivity contribution in [1.29, 1.82) is 0 Å². The molecule has 1 aliphatic heterocycles. The molecule has 0 saturated carbocycles. The van der Waals surface area contributed by atoms with Crippen molar-refractivity contribution in [3.63, 3.8) is 0 Å². The quantitative estimate of drug-likeness (QED) is 0.934. The molecule has 2 unspecified atom stereocenters. The minimum absolute atomic E-state index is 0.192. The zero-order chi connectivity index (χ0) is 14.1. The first kappa shape index (κ1) is 13.6. The van der Waals surface area contributed by atoms with Crippen LogP contribution in [0.5, 0.6) is 0 Å². The molecule has 0 amide bonds. The molecule has 0 radical (unpaired) electrons. The molecule has 4 heteroatoms. The second kappa shape index (κ2) is 5.54. The van der Waals surface area contributed by atoms with Gasteiger partial charge in [0, 0.05) is 0 Å². The Labute approximate surface area is 119 Å². The third-order valence-corrected chi connectivity index (χ3v) is 4.47. The first-order valence-corrected chi connectivity index (χ1v) is 7.42. The molecule has 20 heavy (non-hydrogen) atoms. The Balaban J connectivity index is 1.71. The van der Waals surface area contributed by atoms with Gasteiger partial charge in [0.15, 0.2) is 5.58 Å². The molecule has 4 nitrogen and oxygen atoms in total. The summed E-state index contributed by atoms with van der Waals surface area (Å²) in [5.41, 5.74) is 1.78. The minimum Gasteiger partial charge on any atom is -0.439 e. The van der Waals surface area contributed by atoms with Gasteiger partial charge < -0.3 is 9.52 Å². The molecule has 1 aromatic carbocycles. The maximum atomic E-state index is 9.66. The fourth-order valence-electron chi connectivity index (χ4n) is 3.01. The highest BCUT2D eigenvalue weighted by Crippen LogP contribution is 2.29. The van der Waals surface area contributed by atoms with Crippen molar-refractivity contribution in [2.24, 2.45) is 5.92 Å². The second-order valence-corrected chi connectivity index (χ2v) is 5.81. The van der Waals surface area contributed by atoms with Gasteiger partial charge in [-0.1, -0.05) is 12.1 Å². The van der Waals surface area contributed by atoms with Crippen LogP contribution in [0.2, 0.25) is 0 Å². The summed E-state index contributed by atoms with van der Waals surface area (Å²) in [6, 6.07) is 8.08. The van der Waals surface area contributed by atoms with Crippen LogP contribution in [0.1, 0.15) is 38.6 Å². The van der Waals surface area contributed by atoms with E-state index in [9.17, 15) is 5.11 Å². The van der Waals surface area contributed by atoms with Crippen LogP contribution in [0, 0.1) is 5.92 Å². The highest BCUT2D eigenvalue weighted by atomic mass is 16.3. The van der Waals surface area contributed by atoms with Crippen LogP contribution in [-0.4, -0.2) is 34.2 Å². The van der Waals surface area contributed by atoms with E-state index in [0.717, 1.165) is 42.9 Å². The van der Waals surface area contributed by atoms with Gasteiger partial charge in [-0.3, -0.25) is 4.90 Å². The van der Waals surface area contributed by atoms with Gasteiger partial charge in [0.1, 0.15) is 5.52 Å². The summed E-state index contributed by atoms with van der Waals surface area (Å²) < 4.78 is 5.86. The number of aliphatic hydroxyl groups excluding tert-OH is 1. The molecule has 0 spiro atoms. The highest BCUT2D eigenvalue weighted by Gasteiger charge is 2.27. The van der Waals surface area contributed by atoms with Crippen molar-refractivity contribution in [2.45, 2.75) is 38.8 Å². The SMILES string of the molecule is CC(O)C1CCN(C(C)c2nc3ccccc3o2)CC1. The predicted octanol–water partition coefficient (Wildman–Crippen LogP) is 2.98. The molecule has 1 aliphatic rings. The van der Waals surface area contributed by atoms with Gasteiger partial charge in [0.2, 0.25) is 5.89 Å². The van der Waals surface area contributed by atoms with Gasteiger partial charge in [-0.25, -0.2) is 4.98 Å². The number of piperidine rings is 1. The first-order valence-electron chi connectivity index (χ1n) is 7.42. The Morgan fingerprint density at radius 2 is 1.95 bits per heavy atom. The average Bonchev–Trinajstić information content (AvgIpc) is 2.90. The highest BCUT2D eigenvalue weighted by molar-refractivity contribution is 5.72. The molecule has 108 valence electrons. The molecule has 3 rings (SSSR count). The minimum atomic E-state index is -0.197. The standard InChI is InChI=1S/C16H22N2O2/c1-11(18-9-7-13(8-10-18)12(2)19)16-17-14-5-3-4-6-15(14)20-16/h3-6,11-13,19H,7-10H2,1-2H3. The summed E-state index contributed by atoms with van der Waals surface area (Å²) >= 11 is 0. The van der Waals surface area contributed by atoms with E-state index in [1.54, 1.807) is 0 Å². The van der Waals surface area contributed by atoms with E-state index < -0.39 is 0 Å². The number of aromatic nitrogens is 1. The van der Waals surface area contributed by atoms with E-state index in [1.165, 1.54) is 0 Å². The first-order chi connectivity index (χ1) is 9.65. The van der Waals surface area contributed by atoms with Gasteiger partial charge in [-0.15, -0.1) is 0 Å². The van der Waals surface area contributed by atoms with Crippen molar-refractivity contribution < 1.29 is 9.52 Å². The summed E-state index contributed by atoms with van der Waals surface area (Å²) in [4.78, 5) is 6.98. The largest absolute Gasteiger partial charge is 0.439 e. The Kier molecular flexibility index (Phi) is 3.76. The van der Waals surface area contributed by atoms with Crippen LogP contribution in [-0.2, 0) is 0 Å². The maximum Gasteiger partial charge on any atom is 0.212 e. The molecule has 0 bridgehead atoms. The summed E-state index contributed by atoms with van der Waals surface area (Å²) in [7, 11) is 0. The van der Waals surface area contributed by atoms with Crippen molar-refractivity contribution in [1.82, 2.24) is 9.88 Å². The lowest BCUT2D eigenvalue weighted by Crippen LogP contribution is -2.38. The van der Waals surface area contributed by atoms with E-state index in [2.05, 4.69) is 16.8 Å². The molecule has 1 fully saturated rings. The van der Waals surface area contributed by atoms with Gasteiger partial charge in [-0.2, -0.15) is 0 Å². The van der Waals surface area contributed by atoms with Gasteiger partial charge >= 0.3 is 0 Å². The number of aliphatic hydroxyl groups is 1. The molecule has 1 N–H and O–H groups in total. The number of nitrogens with zero attached hydrogens (tertiary/aromatic N) is 2. The van der Waals surface area contributed by atoms with Crippen molar-refractivity contribution in [2.75, 3.05) is 13.1 Å². The summed E-state index contributed by atoms with van der Waals surface area (Å²) in [6.45, 7) is 6.03. The van der Waals surface area contributed by atoms with Gasteiger partial charge in [0.05, 0.1) is 12.1 Å². The third kappa shape index (κ3) is 2.58. The van der Waals surface area contributed by atoms with Crippen LogP contribution in [0.4, 0.5) is 0 Å². The lowest BCUT2D eigenvalue weighted by Gasteiger charge is -2.35. The van der Waals surface area contributed by atoms with Gasteiger partial charge in [-0.05, 0) is 57.8 Å². The van der Waals surface area contributed by atoms with Crippen LogP contribution < -0.4 is 0 Å². The van der Waals surface area contributed by atoms with Crippen molar-refractivity contribution in [3.05, 3.63) is 30.2 Å². The average molecular weight is 274 g/mol. The van der Waals surface area contributed by atoms with Crippen molar-refractivity contribution >= 4 is 11.1 Å². The van der Waals surface area contributed by atoms with E-state index in [4.69, 9.17) is 4.42 Å². The number of para-hydroxylation sites is 2. The van der Waals surface area contributed by atoms with E-state index in [-0.39, 0.29) is 12.1 Å². The Hall–Kier alpha value is -1.39. The van der Waals surface area contributed by atoms with Crippen LogP contribution >= 0.6 is 0 Å². The Bertz CT molecular complexity index is 538. The van der Waals surface area contributed by atoms with Crippen LogP contribution in [0.3, 0.4) is 0 Å². The number of likely N-dealkylation sites (tertiary alicyclic amines) is 1. The van der Waals surface area contributed by atoms with E-state index in [1.807, 2.05) is 31.2 Å². The summed E-state index contributed by atoms with van der Waals surface area (Å²) in [6.07, 6.45) is 1.89. The zero-order valence-electron chi connectivity index (χ0n) is 12.1. The van der Waals surface area contributed by atoms with Crippen molar-refractivity contribution in [3.8, 4) is 0 Å². The van der Waals surface area contributed by atoms with Crippen LogP contribution in [0.25, 0.3) is 11.1 Å². The normalized spacial score (nSPS) is 21.1. The molecular weight excluding hydrogens is 252 g/mol.